The van der Waals surface area contributed by atoms with E-state index in [1.807, 2.05) is 6.20 Å². The topological polar surface area (TPSA) is 52.0 Å². The van der Waals surface area contributed by atoms with E-state index in [1.54, 1.807) is 16.8 Å². The minimum absolute atomic E-state index is 0.268. The summed E-state index contributed by atoms with van der Waals surface area (Å²) < 4.78 is 20.0. The summed E-state index contributed by atoms with van der Waals surface area (Å²) in [6, 6.07) is 6.38. The normalized spacial score (nSPS) is 11.0. The summed E-state index contributed by atoms with van der Waals surface area (Å²) in [5.74, 6) is 0.379. The third kappa shape index (κ3) is 4.62. The molecule has 0 aliphatic heterocycles. The summed E-state index contributed by atoms with van der Waals surface area (Å²) in [6.07, 6.45) is 1.89. The molecule has 6 heteroatoms. The van der Waals surface area contributed by atoms with E-state index in [2.05, 4.69) is 29.5 Å². The van der Waals surface area contributed by atoms with Crippen LogP contribution in [0.4, 0.5) is 4.39 Å². The van der Waals surface area contributed by atoms with Crippen molar-refractivity contribution in [2.45, 2.75) is 33.0 Å². The number of ether oxygens (including phenoxy) is 1. The van der Waals surface area contributed by atoms with Crippen LogP contribution in [0.3, 0.4) is 0 Å². The molecule has 1 aromatic carbocycles. The predicted molar refractivity (Wildman–Crippen MR) is 73.9 cm³/mol. The Balaban J connectivity index is 1.75. The van der Waals surface area contributed by atoms with Gasteiger partial charge in [-0.1, -0.05) is 19.1 Å². The molecule has 1 N–H and O–H groups in total. The molecule has 2 rings (SSSR count). The fraction of sp³-hybridized carbons (Fsp3) is 0.429. The van der Waals surface area contributed by atoms with Gasteiger partial charge in [0.05, 0.1) is 12.2 Å². The van der Waals surface area contributed by atoms with Gasteiger partial charge in [-0.05, 0) is 24.3 Å². The predicted octanol–water partition coefficient (Wildman–Crippen LogP) is 1.99. The summed E-state index contributed by atoms with van der Waals surface area (Å²) in [6.45, 7) is 5.94. The molecule has 0 amide bonds. The van der Waals surface area contributed by atoms with Crippen molar-refractivity contribution in [3.05, 3.63) is 42.0 Å². The van der Waals surface area contributed by atoms with Crippen molar-refractivity contribution >= 4 is 0 Å². The van der Waals surface area contributed by atoms with Crippen molar-refractivity contribution < 1.29 is 9.13 Å². The molecule has 0 saturated carbocycles. The van der Waals surface area contributed by atoms with E-state index in [9.17, 15) is 4.39 Å². The first kappa shape index (κ1) is 14.5. The molecular formula is C14H19FN4O. The summed E-state index contributed by atoms with van der Waals surface area (Å²) in [7, 11) is 0. The molecule has 0 aliphatic carbocycles. The lowest BCUT2D eigenvalue weighted by molar-refractivity contribution is 0.289. The van der Waals surface area contributed by atoms with Gasteiger partial charge in [0.15, 0.2) is 0 Å². The molecule has 0 radical (unpaired) electrons. The van der Waals surface area contributed by atoms with E-state index in [0.717, 1.165) is 5.69 Å². The van der Waals surface area contributed by atoms with Crippen LogP contribution in [0.25, 0.3) is 0 Å². The highest BCUT2D eigenvalue weighted by molar-refractivity contribution is 5.21. The Morgan fingerprint density at radius 2 is 2.05 bits per heavy atom. The summed E-state index contributed by atoms with van der Waals surface area (Å²) in [5.41, 5.74) is 0.903. The Bertz CT molecular complexity index is 524. The number of halogens is 1. The summed E-state index contributed by atoms with van der Waals surface area (Å²) in [4.78, 5) is 0. The van der Waals surface area contributed by atoms with Crippen LogP contribution in [0, 0.1) is 5.82 Å². The van der Waals surface area contributed by atoms with E-state index in [-0.39, 0.29) is 5.82 Å². The van der Waals surface area contributed by atoms with Crippen LogP contribution in [0.2, 0.25) is 0 Å². The molecule has 20 heavy (non-hydrogen) atoms. The van der Waals surface area contributed by atoms with Crippen molar-refractivity contribution in [1.82, 2.24) is 20.3 Å². The Kier molecular flexibility index (Phi) is 5.06. The van der Waals surface area contributed by atoms with E-state index in [1.165, 1.54) is 12.1 Å². The van der Waals surface area contributed by atoms with Gasteiger partial charge in [0.1, 0.15) is 18.2 Å². The first-order chi connectivity index (χ1) is 9.63. The second-order valence-electron chi connectivity index (χ2n) is 4.81. The maximum atomic E-state index is 12.7. The Morgan fingerprint density at radius 1 is 1.30 bits per heavy atom. The smallest absolute Gasteiger partial charge is 0.123 e. The monoisotopic (exact) mass is 278 g/mol. The van der Waals surface area contributed by atoms with E-state index >= 15 is 0 Å². The van der Waals surface area contributed by atoms with E-state index in [0.29, 0.717) is 31.5 Å². The van der Waals surface area contributed by atoms with Crippen molar-refractivity contribution in [3.8, 4) is 5.75 Å². The molecule has 0 spiro atoms. The van der Waals surface area contributed by atoms with Crippen molar-refractivity contribution in [2.75, 3.05) is 6.61 Å². The molecule has 0 fully saturated rings. The maximum Gasteiger partial charge on any atom is 0.123 e. The zero-order valence-electron chi connectivity index (χ0n) is 11.7. The highest BCUT2D eigenvalue weighted by Crippen LogP contribution is 2.10. The van der Waals surface area contributed by atoms with Crippen LogP contribution < -0.4 is 10.1 Å². The average Bonchev–Trinajstić information content (AvgIpc) is 2.87. The second kappa shape index (κ2) is 7.00. The lowest BCUT2D eigenvalue weighted by Crippen LogP contribution is -2.21. The van der Waals surface area contributed by atoms with Crippen molar-refractivity contribution in [2.24, 2.45) is 0 Å². The molecule has 1 aromatic heterocycles. The van der Waals surface area contributed by atoms with Crippen LogP contribution in [0.5, 0.6) is 5.75 Å². The average molecular weight is 278 g/mol. The lowest BCUT2D eigenvalue weighted by atomic mass is 10.3. The number of hydrogen-bond donors (Lipinski definition) is 1. The molecular weight excluding hydrogens is 259 g/mol. The fourth-order valence-corrected chi connectivity index (χ4v) is 1.63. The van der Waals surface area contributed by atoms with Gasteiger partial charge in [-0.15, -0.1) is 5.10 Å². The standard InChI is InChI=1S/C14H19FN4O/c1-11(2)16-9-13-10-19(18-17-13)7-8-20-14-5-3-12(15)4-6-14/h3-6,10-11,16H,7-9H2,1-2H3. The molecule has 0 unspecified atom stereocenters. The zero-order valence-corrected chi connectivity index (χ0v) is 11.7. The van der Waals surface area contributed by atoms with E-state index in [4.69, 9.17) is 4.74 Å². The Hall–Kier alpha value is -1.95. The maximum absolute atomic E-state index is 12.7. The largest absolute Gasteiger partial charge is 0.492 e. The van der Waals surface area contributed by atoms with Gasteiger partial charge >= 0.3 is 0 Å². The molecule has 0 bridgehead atoms. The number of nitrogens with one attached hydrogen (secondary N) is 1. The van der Waals surface area contributed by atoms with E-state index < -0.39 is 0 Å². The highest BCUT2D eigenvalue weighted by Gasteiger charge is 2.02. The molecule has 5 nitrogen and oxygen atoms in total. The number of rotatable bonds is 7. The first-order valence-corrected chi connectivity index (χ1v) is 6.64. The second-order valence-corrected chi connectivity index (χ2v) is 4.81. The summed E-state index contributed by atoms with van der Waals surface area (Å²) in [5, 5.41) is 11.4. The Morgan fingerprint density at radius 3 is 2.75 bits per heavy atom. The quantitative estimate of drug-likeness (QED) is 0.841. The number of aromatic nitrogens is 3. The van der Waals surface area contributed by atoms with Gasteiger partial charge in [-0.25, -0.2) is 9.07 Å². The molecule has 2 aromatic rings. The van der Waals surface area contributed by atoms with Gasteiger partial charge < -0.3 is 10.1 Å². The number of nitrogens with zero attached hydrogens (tertiary/aromatic N) is 3. The minimum atomic E-state index is -0.268. The SMILES string of the molecule is CC(C)NCc1cn(CCOc2ccc(F)cc2)nn1. The molecule has 0 atom stereocenters. The van der Waals surface area contributed by atoms with Crippen molar-refractivity contribution in [1.29, 1.82) is 0 Å². The van der Waals surface area contributed by atoms with Crippen LogP contribution >= 0.6 is 0 Å². The van der Waals surface area contributed by atoms with Crippen LogP contribution in [0.15, 0.2) is 30.5 Å². The minimum Gasteiger partial charge on any atom is -0.492 e. The third-order valence-electron chi connectivity index (χ3n) is 2.68. The fourth-order valence-electron chi connectivity index (χ4n) is 1.63. The van der Waals surface area contributed by atoms with Gasteiger partial charge in [-0.3, -0.25) is 0 Å². The first-order valence-electron chi connectivity index (χ1n) is 6.64. The van der Waals surface area contributed by atoms with Crippen LogP contribution in [0.1, 0.15) is 19.5 Å². The van der Waals surface area contributed by atoms with Gasteiger partial charge in [-0.2, -0.15) is 0 Å². The molecule has 0 saturated heterocycles. The summed E-state index contributed by atoms with van der Waals surface area (Å²) >= 11 is 0. The number of benzene rings is 1. The van der Waals surface area contributed by atoms with Gasteiger partial charge in [0.25, 0.3) is 0 Å². The molecule has 0 aliphatic rings. The zero-order chi connectivity index (χ0) is 14.4. The highest BCUT2D eigenvalue weighted by atomic mass is 19.1. The van der Waals surface area contributed by atoms with Gasteiger partial charge in [0.2, 0.25) is 0 Å². The van der Waals surface area contributed by atoms with Crippen LogP contribution in [-0.4, -0.2) is 27.6 Å². The van der Waals surface area contributed by atoms with Crippen LogP contribution in [-0.2, 0) is 13.1 Å². The van der Waals surface area contributed by atoms with Crippen molar-refractivity contribution in [3.63, 3.8) is 0 Å². The molecule has 1 heterocycles. The molecule has 108 valence electrons. The third-order valence-corrected chi connectivity index (χ3v) is 2.68. The number of hydrogen-bond acceptors (Lipinski definition) is 4. The lowest BCUT2D eigenvalue weighted by Gasteiger charge is -2.05. The Labute approximate surface area is 117 Å². The van der Waals surface area contributed by atoms with Gasteiger partial charge in [0, 0.05) is 18.8 Å².